The zero-order valence-electron chi connectivity index (χ0n) is 16.4. The summed E-state index contributed by atoms with van der Waals surface area (Å²) in [6.45, 7) is 9.40. The lowest BCUT2D eigenvalue weighted by atomic mass is 10.1. The van der Waals surface area contributed by atoms with E-state index in [0.29, 0.717) is 13.1 Å². The number of carbonyl (C=O) groups is 3. The Morgan fingerprint density at radius 2 is 1.69 bits per heavy atom. The van der Waals surface area contributed by atoms with Crippen molar-refractivity contribution in [1.82, 2.24) is 10.2 Å². The first kappa shape index (κ1) is 21.6. The van der Waals surface area contributed by atoms with Crippen molar-refractivity contribution in [2.45, 2.75) is 27.7 Å². The quantitative estimate of drug-likeness (QED) is 0.565. The van der Waals surface area contributed by atoms with Gasteiger partial charge in [-0.25, -0.2) is 0 Å². The highest BCUT2D eigenvalue weighted by atomic mass is 16.2. The minimum Gasteiger partial charge on any atom is -0.342 e. The largest absolute Gasteiger partial charge is 0.342 e. The number of rotatable bonds is 9. The monoisotopic (exact) mass is 363 g/mol. The molecule has 0 saturated carbocycles. The van der Waals surface area contributed by atoms with Gasteiger partial charge in [-0.1, -0.05) is 12.1 Å². The highest BCUT2D eigenvalue weighted by molar-refractivity contribution is 5.95. The predicted octanol–water partition coefficient (Wildman–Crippen LogP) is -0.259. The van der Waals surface area contributed by atoms with Crippen LogP contribution in [0.1, 0.15) is 25.0 Å². The minimum atomic E-state index is -0.274. The second-order valence-electron chi connectivity index (χ2n) is 6.45. The first-order valence-corrected chi connectivity index (χ1v) is 9.00. The summed E-state index contributed by atoms with van der Waals surface area (Å²) in [6, 6.07) is 5.69. The van der Waals surface area contributed by atoms with Gasteiger partial charge in [0, 0.05) is 18.8 Å². The molecule has 0 radical (unpaired) electrons. The van der Waals surface area contributed by atoms with Gasteiger partial charge in [0.2, 0.25) is 5.91 Å². The van der Waals surface area contributed by atoms with E-state index in [1.54, 1.807) is 11.9 Å². The van der Waals surface area contributed by atoms with Crippen molar-refractivity contribution in [2.24, 2.45) is 0 Å². The smallest absolute Gasteiger partial charge is 0.277 e. The Morgan fingerprint density at radius 3 is 2.31 bits per heavy atom. The summed E-state index contributed by atoms with van der Waals surface area (Å²) < 4.78 is 0. The van der Waals surface area contributed by atoms with Gasteiger partial charge in [-0.15, -0.1) is 0 Å². The zero-order chi connectivity index (χ0) is 19.7. The third kappa shape index (κ3) is 6.84. The molecule has 0 aliphatic heterocycles. The van der Waals surface area contributed by atoms with Crippen LogP contribution in [-0.2, 0) is 14.4 Å². The number of quaternary nitrogens is 1. The van der Waals surface area contributed by atoms with Gasteiger partial charge in [-0.3, -0.25) is 14.4 Å². The maximum absolute atomic E-state index is 12.0. The molecule has 1 unspecified atom stereocenters. The lowest BCUT2D eigenvalue weighted by Crippen LogP contribution is -3.11. The molecule has 3 N–H and O–H groups in total. The summed E-state index contributed by atoms with van der Waals surface area (Å²) in [7, 11) is 1.79. The van der Waals surface area contributed by atoms with E-state index in [2.05, 4.69) is 10.6 Å². The number of aryl methyl sites for hydroxylation is 1. The molecule has 1 aromatic carbocycles. The Hall–Kier alpha value is -2.41. The van der Waals surface area contributed by atoms with Gasteiger partial charge in [0.25, 0.3) is 11.8 Å². The predicted molar refractivity (Wildman–Crippen MR) is 102 cm³/mol. The fraction of sp³-hybridized carbons (Fsp3) is 0.526. The number of hydrogen-bond donors (Lipinski definition) is 3. The van der Waals surface area contributed by atoms with Crippen molar-refractivity contribution in [3.8, 4) is 0 Å². The molecule has 0 spiro atoms. The van der Waals surface area contributed by atoms with Gasteiger partial charge in [0.1, 0.15) is 0 Å². The molecule has 0 heterocycles. The minimum absolute atomic E-state index is 0.0213. The summed E-state index contributed by atoms with van der Waals surface area (Å²) in [5.41, 5.74) is 2.85. The normalized spacial score (nSPS) is 11.6. The van der Waals surface area contributed by atoms with E-state index < -0.39 is 0 Å². The van der Waals surface area contributed by atoms with Crippen LogP contribution in [0.3, 0.4) is 0 Å². The number of carbonyl (C=O) groups excluding carboxylic acids is 3. The van der Waals surface area contributed by atoms with Crippen LogP contribution in [-0.4, -0.2) is 62.4 Å². The third-order valence-electron chi connectivity index (χ3n) is 4.36. The molecule has 0 saturated heterocycles. The summed E-state index contributed by atoms with van der Waals surface area (Å²) >= 11 is 0. The molecule has 0 aliphatic rings. The first-order valence-electron chi connectivity index (χ1n) is 9.00. The van der Waals surface area contributed by atoms with E-state index in [4.69, 9.17) is 0 Å². The molecule has 0 aromatic heterocycles. The number of nitrogens with one attached hydrogen (secondary N) is 3. The van der Waals surface area contributed by atoms with Crippen LogP contribution >= 0.6 is 0 Å². The van der Waals surface area contributed by atoms with Crippen molar-refractivity contribution in [2.75, 3.05) is 45.1 Å². The number of benzene rings is 1. The standard InChI is InChI=1S/C19H30N4O3/c1-6-23(7-2)19(26)13-22(5)12-18(25)20-11-17(24)21-16-10-8-9-14(3)15(16)4/h8-10H,6-7,11-13H2,1-5H3,(H,20,25)(H,21,24)/p+1. The number of hydrogen-bond acceptors (Lipinski definition) is 3. The average Bonchev–Trinajstić information content (AvgIpc) is 2.58. The molecule has 1 aromatic rings. The number of amides is 3. The molecule has 7 nitrogen and oxygen atoms in total. The maximum Gasteiger partial charge on any atom is 0.277 e. The molecule has 0 aliphatic carbocycles. The number of likely N-dealkylation sites (N-methyl/N-ethyl adjacent to an activating group) is 2. The van der Waals surface area contributed by atoms with Gasteiger partial charge in [-0.05, 0) is 44.9 Å². The van der Waals surface area contributed by atoms with Crippen LogP contribution < -0.4 is 15.5 Å². The van der Waals surface area contributed by atoms with E-state index in [1.165, 1.54) is 0 Å². The SMILES string of the molecule is CCN(CC)C(=O)C[NH+](C)CC(=O)NCC(=O)Nc1cccc(C)c1C. The average molecular weight is 363 g/mol. The van der Waals surface area contributed by atoms with Gasteiger partial charge in [-0.2, -0.15) is 0 Å². The molecule has 0 bridgehead atoms. The molecule has 0 fully saturated rings. The molecule has 26 heavy (non-hydrogen) atoms. The molecule has 1 atom stereocenters. The van der Waals surface area contributed by atoms with Crippen molar-refractivity contribution in [1.29, 1.82) is 0 Å². The lowest BCUT2D eigenvalue weighted by molar-refractivity contribution is -0.863. The Balaban J connectivity index is 2.40. The van der Waals surface area contributed by atoms with Crippen LogP contribution in [0.2, 0.25) is 0 Å². The van der Waals surface area contributed by atoms with Crippen molar-refractivity contribution in [3.63, 3.8) is 0 Å². The van der Waals surface area contributed by atoms with E-state index in [1.807, 2.05) is 45.9 Å². The topological polar surface area (TPSA) is 83.0 Å². The number of anilines is 1. The second-order valence-corrected chi connectivity index (χ2v) is 6.45. The molecular weight excluding hydrogens is 332 g/mol. The van der Waals surface area contributed by atoms with E-state index in [9.17, 15) is 14.4 Å². The summed E-state index contributed by atoms with van der Waals surface area (Å²) in [6.07, 6.45) is 0. The fourth-order valence-corrected chi connectivity index (χ4v) is 2.61. The van der Waals surface area contributed by atoms with Gasteiger partial charge < -0.3 is 20.4 Å². The molecule has 7 heteroatoms. The van der Waals surface area contributed by atoms with Crippen LogP contribution in [0.5, 0.6) is 0 Å². The molecule has 3 amide bonds. The van der Waals surface area contributed by atoms with Crippen molar-refractivity contribution < 1.29 is 19.3 Å². The Kier molecular flexibility index (Phi) is 8.78. The van der Waals surface area contributed by atoms with Crippen LogP contribution in [0.4, 0.5) is 5.69 Å². The highest BCUT2D eigenvalue weighted by Gasteiger charge is 2.18. The Labute approximate surface area is 155 Å². The van der Waals surface area contributed by atoms with Crippen molar-refractivity contribution in [3.05, 3.63) is 29.3 Å². The Morgan fingerprint density at radius 1 is 1.04 bits per heavy atom. The summed E-state index contributed by atoms with van der Waals surface area (Å²) in [4.78, 5) is 38.6. The van der Waals surface area contributed by atoms with Crippen molar-refractivity contribution >= 4 is 23.4 Å². The van der Waals surface area contributed by atoms with E-state index in [-0.39, 0.29) is 37.4 Å². The molecular formula is C19H31N4O3+. The molecule has 1 rings (SSSR count). The van der Waals surface area contributed by atoms with Gasteiger partial charge >= 0.3 is 0 Å². The maximum atomic E-state index is 12.0. The Bertz CT molecular complexity index is 642. The van der Waals surface area contributed by atoms with E-state index in [0.717, 1.165) is 21.7 Å². The van der Waals surface area contributed by atoms with Crippen LogP contribution in [0.15, 0.2) is 18.2 Å². The molecule has 144 valence electrons. The zero-order valence-corrected chi connectivity index (χ0v) is 16.4. The van der Waals surface area contributed by atoms with E-state index >= 15 is 0 Å². The first-order chi connectivity index (χ1) is 12.3. The van der Waals surface area contributed by atoms with Crippen LogP contribution in [0, 0.1) is 13.8 Å². The van der Waals surface area contributed by atoms with Gasteiger partial charge in [0.05, 0.1) is 13.6 Å². The highest BCUT2D eigenvalue weighted by Crippen LogP contribution is 2.17. The summed E-state index contributed by atoms with van der Waals surface area (Å²) in [5.74, 6) is -0.511. The van der Waals surface area contributed by atoms with Crippen LogP contribution in [0.25, 0.3) is 0 Å². The second kappa shape index (κ2) is 10.6. The van der Waals surface area contributed by atoms with Gasteiger partial charge in [0.15, 0.2) is 13.1 Å². The lowest BCUT2D eigenvalue weighted by Gasteiger charge is -2.20. The summed E-state index contributed by atoms with van der Waals surface area (Å²) in [5, 5.41) is 5.40. The number of nitrogens with zero attached hydrogens (tertiary/aromatic N) is 1. The third-order valence-corrected chi connectivity index (χ3v) is 4.36. The fourth-order valence-electron chi connectivity index (χ4n) is 2.61.